The summed E-state index contributed by atoms with van der Waals surface area (Å²) in [6.07, 6.45) is 1.94. The normalized spacial score (nSPS) is 11.4. The standard InChI is InChI=1S/C27H22Cl2N6O2/c1-17-13-21(22(15-30)19-7-9-20(28)10-8-19)23(29)14-24(17)34-27-25(35(36)37)26(32-16-33-27)31-12-11-18-5-3-2-4-6-18/h2-10,13-14,16,22H,11-12H2,1H3,(H2,31,32,33,34). The Labute approximate surface area is 224 Å². The largest absolute Gasteiger partial charge is 0.364 e. The predicted molar refractivity (Wildman–Crippen MR) is 146 cm³/mol. The second-order valence-corrected chi connectivity index (χ2v) is 9.11. The quantitative estimate of drug-likeness (QED) is 0.175. The van der Waals surface area contributed by atoms with Crippen LogP contribution in [0.4, 0.5) is 23.0 Å². The summed E-state index contributed by atoms with van der Waals surface area (Å²) in [4.78, 5) is 19.6. The van der Waals surface area contributed by atoms with Crippen molar-refractivity contribution in [2.24, 2.45) is 0 Å². The van der Waals surface area contributed by atoms with Gasteiger partial charge in [0.15, 0.2) is 0 Å². The number of nitrogens with zero attached hydrogens (tertiary/aromatic N) is 4. The number of aryl methyl sites for hydroxylation is 1. The summed E-state index contributed by atoms with van der Waals surface area (Å²) in [7, 11) is 0. The molecular formula is C27H22Cl2N6O2. The molecule has 0 bridgehead atoms. The molecule has 2 N–H and O–H groups in total. The zero-order chi connectivity index (χ0) is 26.4. The van der Waals surface area contributed by atoms with E-state index in [1.165, 1.54) is 6.33 Å². The van der Waals surface area contributed by atoms with Crippen LogP contribution < -0.4 is 10.6 Å². The van der Waals surface area contributed by atoms with Crippen molar-refractivity contribution in [2.75, 3.05) is 17.2 Å². The van der Waals surface area contributed by atoms with Gasteiger partial charge >= 0.3 is 5.69 Å². The maximum atomic E-state index is 12.0. The molecule has 1 aromatic heterocycles. The number of hydrogen-bond donors (Lipinski definition) is 2. The molecule has 1 heterocycles. The monoisotopic (exact) mass is 532 g/mol. The molecule has 0 aliphatic carbocycles. The molecule has 10 heteroatoms. The van der Waals surface area contributed by atoms with Gasteiger partial charge in [0.2, 0.25) is 11.6 Å². The zero-order valence-electron chi connectivity index (χ0n) is 19.8. The Morgan fingerprint density at radius 3 is 2.43 bits per heavy atom. The first-order valence-electron chi connectivity index (χ1n) is 11.4. The summed E-state index contributed by atoms with van der Waals surface area (Å²) >= 11 is 12.6. The van der Waals surface area contributed by atoms with Crippen LogP contribution in [0.2, 0.25) is 10.0 Å². The summed E-state index contributed by atoms with van der Waals surface area (Å²) in [5, 5.41) is 28.8. The van der Waals surface area contributed by atoms with E-state index in [0.717, 1.165) is 16.7 Å². The maximum Gasteiger partial charge on any atom is 0.353 e. The van der Waals surface area contributed by atoms with E-state index in [0.29, 0.717) is 34.3 Å². The van der Waals surface area contributed by atoms with E-state index in [4.69, 9.17) is 23.2 Å². The molecule has 186 valence electrons. The van der Waals surface area contributed by atoms with Crippen LogP contribution in [0, 0.1) is 28.4 Å². The van der Waals surface area contributed by atoms with Crippen LogP contribution in [0.3, 0.4) is 0 Å². The van der Waals surface area contributed by atoms with Crippen molar-refractivity contribution >= 4 is 46.2 Å². The minimum absolute atomic E-state index is 0.0312. The third-order valence-corrected chi connectivity index (χ3v) is 6.37. The van der Waals surface area contributed by atoms with E-state index in [1.807, 2.05) is 37.3 Å². The molecule has 1 atom stereocenters. The number of aromatic nitrogens is 2. The van der Waals surface area contributed by atoms with Crippen molar-refractivity contribution in [3.8, 4) is 6.07 Å². The van der Waals surface area contributed by atoms with Gasteiger partial charge in [-0.25, -0.2) is 9.97 Å². The molecule has 3 aromatic carbocycles. The van der Waals surface area contributed by atoms with Crippen molar-refractivity contribution < 1.29 is 4.92 Å². The Hall–Kier alpha value is -4.19. The van der Waals surface area contributed by atoms with E-state index in [-0.39, 0.29) is 17.3 Å². The topological polar surface area (TPSA) is 117 Å². The van der Waals surface area contributed by atoms with Gasteiger partial charge in [0, 0.05) is 22.3 Å². The Morgan fingerprint density at radius 2 is 1.76 bits per heavy atom. The van der Waals surface area contributed by atoms with Crippen LogP contribution in [0.15, 0.2) is 73.1 Å². The van der Waals surface area contributed by atoms with Crippen LogP contribution in [-0.4, -0.2) is 21.4 Å². The number of benzene rings is 3. The molecule has 4 aromatic rings. The second kappa shape index (κ2) is 11.7. The van der Waals surface area contributed by atoms with E-state index in [2.05, 4.69) is 26.7 Å². The molecule has 0 radical (unpaired) electrons. The minimum Gasteiger partial charge on any atom is -0.364 e. The van der Waals surface area contributed by atoms with Crippen LogP contribution in [-0.2, 0) is 6.42 Å². The van der Waals surface area contributed by atoms with Gasteiger partial charge in [-0.3, -0.25) is 10.1 Å². The van der Waals surface area contributed by atoms with E-state index < -0.39 is 10.8 Å². The number of rotatable bonds is 9. The zero-order valence-corrected chi connectivity index (χ0v) is 21.3. The van der Waals surface area contributed by atoms with Gasteiger partial charge in [-0.1, -0.05) is 71.7 Å². The minimum atomic E-state index is -0.605. The van der Waals surface area contributed by atoms with Crippen molar-refractivity contribution in [1.82, 2.24) is 9.97 Å². The third-order valence-electron chi connectivity index (χ3n) is 5.79. The molecule has 0 fully saturated rings. The number of nitriles is 1. The van der Waals surface area contributed by atoms with E-state index in [9.17, 15) is 15.4 Å². The summed E-state index contributed by atoms with van der Waals surface area (Å²) in [6.45, 7) is 2.28. The molecule has 37 heavy (non-hydrogen) atoms. The number of nitro groups is 1. The molecule has 0 spiro atoms. The smallest absolute Gasteiger partial charge is 0.353 e. The molecule has 0 aliphatic rings. The Balaban J connectivity index is 1.59. The van der Waals surface area contributed by atoms with Crippen LogP contribution in [0.1, 0.15) is 28.2 Å². The molecular weight excluding hydrogens is 511 g/mol. The summed E-state index contributed by atoms with van der Waals surface area (Å²) in [6, 6.07) is 22.5. The van der Waals surface area contributed by atoms with Gasteiger partial charge in [0.25, 0.3) is 0 Å². The third kappa shape index (κ3) is 6.15. The average Bonchev–Trinajstić information content (AvgIpc) is 2.89. The fourth-order valence-corrected chi connectivity index (χ4v) is 4.31. The maximum absolute atomic E-state index is 12.0. The van der Waals surface area contributed by atoms with Gasteiger partial charge in [0.05, 0.1) is 16.9 Å². The lowest BCUT2D eigenvalue weighted by Gasteiger charge is -2.17. The first-order valence-corrected chi connectivity index (χ1v) is 12.1. The molecule has 0 saturated heterocycles. The lowest BCUT2D eigenvalue weighted by atomic mass is 9.91. The lowest BCUT2D eigenvalue weighted by molar-refractivity contribution is -0.383. The highest BCUT2D eigenvalue weighted by Gasteiger charge is 2.24. The molecule has 0 aliphatic heterocycles. The van der Waals surface area contributed by atoms with E-state index in [1.54, 1.807) is 36.4 Å². The highest BCUT2D eigenvalue weighted by Crippen LogP contribution is 2.37. The fourth-order valence-electron chi connectivity index (χ4n) is 3.91. The number of hydrogen-bond acceptors (Lipinski definition) is 7. The van der Waals surface area contributed by atoms with Crippen molar-refractivity contribution in [3.05, 3.63) is 115 Å². The number of halogens is 2. The molecule has 0 saturated carbocycles. The van der Waals surface area contributed by atoms with Gasteiger partial charge in [-0.2, -0.15) is 5.26 Å². The first-order chi connectivity index (χ1) is 17.9. The van der Waals surface area contributed by atoms with Crippen LogP contribution >= 0.6 is 23.2 Å². The summed E-state index contributed by atoms with van der Waals surface area (Å²) < 4.78 is 0. The Bertz CT molecular complexity index is 1460. The lowest BCUT2D eigenvalue weighted by Crippen LogP contribution is -2.11. The van der Waals surface area contributed by atoms with E-state index >= 15 is 0 Å². The second-order valence-electron chi connectivity index (χ2n) is 8.27. The Morgan fingerprint density at radius 1 is 1.05 bits per heavy atom. The summed E-state index contributed by atoms with van der Waals surface area (Å²) in [5.74, 6) is -0.457. The highest BCUT2D eigenvalue weighted by atomic mass is 35.5. The SMILES string of the molecule is Cc1cc(C(C#N)c2ccc(Cl)cc2)c(Cl)cc1Nc1ncnc(NCCc2ccccc2)c1[N+](=O)[O-]. The van der Waals surface area contributed by atoms with Crippen molar-refractivity contribution in [3.63, 3.8) is 0 Å². The van der Waals surface area contributed by atoms with Gasteiger partial charge < -0.3 is 10.6 Å². The predicted octanol–water partition coefficient (Wildman–Crippen LogP) is 7.05. The molecule has 8 nitrogen and oxygen atoms in total. The number of anilines is 3. The molecule has 4 rings (SSSR count). The Kier molecular flexibility index (Phi) is 8.18. The van der Waals surface area contributed by atoms with Crippen LogP contribution in [0.25, 0.3) is 0 Å². The molecule has 1 unspecified atom stereocenters. The highest BCUT2D eigenvalue weighted by molar-refractivity contribution is 6.32. The average molecular weight is 533 g/mol. The fraction of sp³-hybridized carbons (Fsp3) is 0.148. The van der Waals surface area contributed by atoms with Crippen LogP contribution in [0.5, 0.6) is 0 Å². The first kappa shape index (κ1) is 25.9. The van der Waals surface area contributed by atoms with Gasteiger partial charge in [-0.15, -0.1) is 0 Å². The molecule has 0 amide bonds. The van der Waals surface area contributed by atoms with Crippen molar-refractivity contribution in [1.29, 1.82) is 5.26 Å². The summed E-state index contributed by atoms with van der Waals surface area (Å²) in [5.41, 5.74) is 3.47. The number of nitrogens with one attached hydrogen (secondary N) is 2. The van der Waals surface area contributed by atoms with Crippen molar-refractivity contribution in [2.45, 2.75) is 19.3 Å². The van der Waals surface area contributed by atoms with Gasteiger partial charge in [0.1, 0.15) is 6.33 Å². The van der Waals surface area contributed by atoms with Gasteiger partial charge in [-0.05, 0) is 53.8 Å².